The fourth-order valence-electron chi connectivity index (χ4n) is 3.57. The summed E-state index contributed by atoms with van der Waals surface area (Å²) in [6, 6.07) is 8.13. The van der Waals surface area contributed by atoms with Crippen molar-refractivity contribution in [3.63, 3.8) is 0 Å². The Balaban J connectivity index is 0.000000493. The van der Waals surface area contributed by atoms with Gasteiger partial charge in [0.25, 0.3) is 11.7 Å². The normalized spacial score (nSPS) is 11.7. The largest absolute Gasteiger partial charge is 0.490 e. The fraction of sp³-hybridized carbons (Fsp3) is 0.269. The second-order valence-corrected chi connectivity index (χ2v) is 10.5. The zero-order valence-corrected chi connectivity index (χ0v) is 23.0. The monoisotopic (exact) mass is 587 g/mol. The first-order chi connectivity index (χ1) is 19.2. The van der Waals surface area contributed by atoms with Gasteiger partial charge in [-0.15, -0.1) is 0 Å². The van der Waals surface area contributed by atoms with Crippen LogP contribution in [0.15, 0.2) is 52.9 Å². The number of hydrogen-bond donors (Lipinski definition) is 2. The number of fused-ring (bicyclic) bond motifs is 1. The summed E-state index contributed by atoms with van der Waals surface area (Å²) in [5, 5.41) is 20.2. The van der Waals surface area contributed by atoms with Crippen LogP contribution in [0.4, 0.5) is 13.2 Å². The minimum absolute atomic E-state index is 0.0347. The van der Waals surface area contributed by atoms with Crippen LogP contribution in [0, 0.1) is 6.92 Å². The van der Waals surface area contributed by atoms with E-state index in [2.05, 4.69) is 42.0 Å². The Morgan fingerprint density at radius 1 is 1.12 bits per heavy atom. The molecule has 41 heavy (non-hydrogen) atoms. The molecule has 0 aliphatic heterocycles. The zero-order chi connectivity index (χ0) is 29.9. The molecule has 214 valence electrons. The summed E-state index contributed by atoms with van der Waals surface area (Å²) in [5.41, 5.74) is 6.53. The lowest BCUT2D eigenvalue weighted by molar-refractivity contribution is -0.192. The Morgan fingerprint density at radius 2 is 1.85 bits per heavy atom. The Morgan fingerprint density at radius 3 is 2.44 bits per heavy atom. The third kappa shape index (κ3) is 6.92. The first-order valence-corrected chi connectivity index (χ1v) is 12.8. The third-order valence-corrected chi connectivity index (χ3v) is 6.33. The number of carboxylic acids is 1. The Bertz CT molecular complexity index is 1690. The van der Waals surface area contributed by atoms with Crippen molar-refractivity contribution in [3.05, 3.63) is 71.2 Å². The molecule has 0 aliphatic rings. The van der Waals surface area contributed by atoms with Crippen molar-refractivity contribution >= 4 is 28.9 Å². The molecule has 0 bridgehead atoms. The molecule has 11 nitrogen and oxygen atoms in total. The van der Waals surface area contributed by atoms with Gasteiger partial charge in [0.15, 0.2) is 0 Å². The van der Waals surface area contributed by atoms with E-state index in [1.807, 2.05) is 62.1 Å². The molecule has 0 spiro atoms. The number of aryl methyl sites for hydroxylation is 1. The molecule has 4 aromatic heterocycles. The van der Waals surface area contributed by atoms with Crippen LogP contribution in [0.25, 0.3) is 27.9 Å². The van der Waals surface area contributed by atoms with E-state index in [1.165, 1.54) is 11.5 Å². The summed E-state index contributed by atoms with van der Waals surface area (Å²) < 4.78 is 43.0. The van der Waals surface area contributed by atoms with Crippen LogP contribution in [0.1, 0.15) is 48.4 Å². The van der Waals surface area contributed by atoms with Gasteiger partial charge in [0.05, 0.1) is 11.2 Å². The highest BCUT2D eigenvalue weighted by Crippen LogP contribution is 2.29. The molecule has 0 saturated heterocycles. The first kappa shape index (κ1) is 29.3. The molecule has 1 aromatic carbocycles. The summed E-state index contributed by atoms with van der Waals surface area (Å²) in [5.74, 6) is -2.66. The van der Waals surface area contributed by atoms with Crippen LogP contribution >= 0.6 is 11.5 Å². The van der Waals surface area contributed by atoms with Gasteiger partial charge in [-0.25, -0.2) is 18.7 Å². The Hall–Kier alpha value is -4.66. The molecule has 0 unspecified atom stereocenters. The van der Waals surface area contributed by atoms with Gasteiger partial charge in [0.2, 0.25) is 5.89 Å². The summed E-state index contributed by atoms with van der Waals surface area (Å²) in [6.07, 6.45) is 0.292. The number of carboxylic acid groups (broad SMARTS) is 1. The number of carbonyl (C=O) groups excluding carboxylic acids is 1. The second kappa shape index (κ2) is 11.4. The standard InChI is InChI=1S/C24H23N7O2S.C2HF3O2/c1-14-7-15(20-19-8-17(18-10-28-34-12-18)11-31(19)27-13-26-20)5-6-16(14)9-25-22(32)21-29-23(33-30-21)24(2,3)4;3-2(4,5)1(6)7/h5-8,10-13H,9H2,1-4H3,(H,25,32);(H,6,7). The summed E-state index contributed by atoms with van der Waals surface area (Å²) in [4.78, 5) is 30.1. The van der Waals surface area contributed by atoms with Crippen molar-refractivity contribution in [1.29, 1.82) is 0 Å². The van der Waals surface area contributed by atoms with Crippen molar-refractivity contribution in [2.24, 2.45) is 0 Å². The summed E-state index contributed by atoms with van der Waals surface area (Å²) in [6.45, 7) is 8.21. The lowest BCUT2D eigenvalue weighted by atomic mass is 9.97. The number of nitrogens with one attached hydrogen (secondary N) is 1. The predicted molar refractivity (Wildman–Crippen MR) is 142 cm³/mol. The zero-order valence-electron chi connectivity index (χ0n) is 22.2. The number of nitrogens with zero attached hydrogens (tertiary/aromatic N) is 6. The van der Waals surface area contributed by atoms with Crippen molar-refractivity contribution in [3.8, 4) is 22.4 Å². The molecule has 0 radical (unpaired) electrons. The van der Waals surface area contributed by atoms with Crippen LogP contribution in [0.3, 0.4) is 0 Å². The van der Waals surface area contributed by atoms with E-state index in [0.29, 0.717) is 12.4 Å². The van der Waals surface area contributed by atoms with Crippen molar-refractivity contribution in [2.45, 2.75) is 45.8 Å². The van der Waals surface area contributed by atoms with E-state index in [0.717, 1.165) is 39.0 Å². The van der Waals surface area contributed by atoms with Crippen LogP contribution in [-0.2, 0) is 16.8 Å². The summed E-state index contributed by atoms with van der Waals surface area (Å²) >= 11 is 1.42. The van der Waals surface area contributed by atoms with Crippen molar-refractivity contribution in [2.75, 3.05) is 0 Å². The van der Waals surface area contributed by atoms with Crippen molar-refractivity contribution < 1.29 is 32.4 Å². The van der Waals surface area contributed by atoms with Gasteiger partial charge in [-0.3, -0.25) is 4.79 Å². The quantitative estimate of drug-likeness (QED) is 0.287. The number of alkyl halides is 3. The fourth-order valence-corrected chi connectivity index (χ4v) is 4.12. The summed E-state index contributed by atoms with van der Waals surface area (Å²) in [7, 11) is 0. The number of benzene rings is 1. The highest BCUT2D eigenvalue weighted by atomic mass is 32.1. The number of halogens is 3. The number of amides is 1. The van der Waals surface area contributed by atoms with E-state index in [1.54, 1.807) is 6.33 Å². The average molecular weight is 588 g/mol. The lowest BCUT2D eigenvalue weighted by Gasteiger charge is -2.10. The van der Waals surface area contributed by atoms with Crippen LogP contribution in [0.2, 0.25) is 0 Å². The number of carbonyl (C=O) groups is 2. The molecule has 0 saturated carbocycles. The van der Waals surface area contributed by atoms with Gasteiger partial charge in [0.1, 0.15) is 6.33 Å². The maximum Gasteiger partial charge on any atom is 0.490 e. The maximum absolute atomic E-state index is 12.5. The molecule has 4 heterocycles. The van der Waals surface area contributed by atoms with E-state index < -0.39 is 12.1 Å². The number of aromatic nitrogens is 6. The molecule has 0 fully saturated rings. The number of hydrogen-bond acceptors (Lipinski definition) is 9. The van der Waals surface area contributed by atoms with Gasteiger partial charge >= 0.3 is 12.1 Å². The van der Waals surface area contributed by atoms with Gasteiger partial charge in [0, 0.05) is 46.4 Å². The minimum Gasteiger partial charge on any atom is -0.475 e. The minimum atomic E-state index is -5.08. The van der Waals surface area contributed by atoms with Gasteiger partial charge in [-0.2, -0.15) is 23.3 Å². The highest BCUT2D eigenvalue weighted by molar-refractivity contribution is 7.03. The van der Waals surface area contributed by atoms with E-state index in [9.17, 15) is 18.0 Å². The predicted octanol–water partition coefficient (Wildman–Crippen LogP) is 5.07. The van der Waals surface area contributed by atoms with Crippen LogP contribution in [-0.4, -0.2) is 52.3 Å². The smallest absolute Gasteiger partial charge is 0.475 e. The molecule has 2 N–H and O–H groups in total. The third-order valence-electron chi connectivity index (χ3n) is 5.74. The second-order valence-electron chi connectivity index (χ2n) is 9.88. The van der Waals surface area contributed by atoms with Gasteiger partial charge in [-0.1, -0.05) is 38.1 Å². The molecule has 0 aliphatic carbocycles. The Kier molecular flexibility index (Phi) is 8.19. The SMILES string of the molecule is Cc1cc(-c2ncnn3cc(-c4cnsc4)cc23)ccc1CNC(=O)c1noc(C(C)(C)C)n1.O=C(O)C(F)(F)F. The van der Waals surface area contributed by atoms with Crippen LogP contribution in [0.5, 0.6) is 0 Å². The molecule has 15 heteroatoms. The van der Waals surface area contributed by atoms with E-state index in [-0.39, 0.29) is 17.1 Å². The van der Waals surface area contributed by atoms with Crippen molar-refractivity contribution in [1.82, 2.24) is 34.4 Å². The maximum atomic E-state index is 12.5. The van der Waals surface area contributed by atoms with Crippen LogP contribution < -0.4 is 5.32 Å². The molecule has 1 amide bonds. The first-order valence-electron chi connectivity index (χ1n) is 12.0. The average Bonchev–Trinajstić information content (AvgIpc) is 3.67. The number of aliphatic carboxylic acids is 1. The van der Waals surface area contributed by atoms with E-state index in [4.69, 9.17) is 14.4 Å². The molecular weight excluding hydrogens is 563 g/mol. The van der Waals surface area contributed by atoms with Gasteiger partial charge < -0.3 is 14.9 Å². The molecule has 5 aromatic rings. The Labute approximate surface area is 235 Å². The van der Waals surface area contributed by atoms with Gasteiger partial charge in [-0.05, 0) is 41.7 Å². The molecule has 0 atom stereocenters. The van der Waals surface area contributed by atoms with E-state index >= 15 is 0 Å². The topological polar surface area (TPSA) is 148 Å². The lowest BCUT2D eigenvalue weighted by Crippen LogP contribution is -2.24. The highest BCUT2D eigenvalue weighted by Gasteiger charge is 2.38. The molecule has 5 rings (SSSR count). The molecular formula is C26H24F3N7O4S. The number of rotatable bonds is 5.